The molecule has 126 valence electrons. The monoisotopic (exact) mass is 384 g/mol. The van der Waals surface area contributed by atoms with Crippen molar-refractivity contribution >= 4 is 48.9 Å². The topological polar surface area (TPSA) is 77.4 Å². The van der Waals surface area contributed by atoms with Crippen molar-refractivity contribution in [2.45, 2.75) is 4.90 Å². The van der Waals surface area contributed by atoms with E-state index < -0.39 is 10.0 Å². The van der Waals surface area contributed by atoms with Gasteiger partial charge in [0.05, 0.1) is 23.0 Å². The minimum Gasteiger partial charge on any atom is -0.495 e. The summed E-state index contributed by atoms with van der Waals surface area (Å²) in [6, 6.07) is 9.28. The molecule has 1 aromatic heterocycles. The van der Waals surface area contributed by atoms with Crippen LogP contribution in [0.3, 0.4) is 0 Å². The van der Waals surface area contributed by atoms with Crippen LogP contribution in [0.15, 0.2) is 46.1 Å². The molecule has 0 bridgehead atoms. The highest BCUT2D eigenvalue weighted by molar-refractivity contribution is 7.92. The number of ether oxygens (including phenoxy) is 1. The Morgan fingerprint density at radius 1 is 1.21 bits per heavy atom. The molecule has 6 nitrogen and oxygen atoms in total. The maximum absolute atomic E-state index is 12.6. The Labute approximate surface area is 147 Å². The van der Waals surface area contributed by atoms with E-state index >= 15 is 0 Å². The lowest BCUT2D eigenvalue weighted by atomic mass is 10.3. The van der Waals surface area contributed by atoms with Gasteiger partial charge in [-0.05, 0) is 36.4 Å². The van der Waals surface area contributed by atoms with Crippen molar-refractivity contribution in [3.05, 3.63) is 51.1 Å². The van der Waals surface area contributed by atoms with Crippen molar-refractivity contribution in [2.75, 3.05) is 11.8 Å². The van der Waals surface area contributed by atoms with Gasteiger partial charge >= 0.3 is 4.87 Å². The van der Waals surface area contributed by atoms with E-state index in [4.69, 9.17) is 16.3 Å². The SMILES string of the molecule is COc1ccc(Cl)cc1S(=O)(=O)Nc1ccc2c(c1)sc(=O)n2C. The van der Waals surface area contributed by atoms with Gasteiger partial charge in [-0.15, -0.1) is 0 Å². The number of benzene rings is 2. The predicted octanol–water partition coefficient (Wildman–Crippen LogP) is 3.06. The van der Waals surface area contributed by atoms with E-state index in [1.165, 1.54) is 23.8 Å². The Morgan fingerprint density at radius 2 is 1.96 bits per heavy atom. The number of sulfonamides is 1. The number of fused-ring (bicyclic) bond motifs is 1. The molecule has 0 amide bonds. The van der Waals surface area contributed by atoms with Crippen LogP contribution in [-0.2, 0) is 17.1 Å². The number of halogens is 1. The van der Waals surface area contributed by atoms with E-state index in [2.05, 4.69) is 4.72 Å². The fourth-order valence-electron chi connectivity index (χ4n) is 2.27. The standard InChI is InChI=1S/C15H13ClN2O4S2/c1-18-11-5-4-10(8-13(11)23-15(18)19)17-24(20,21)14-7-9(16)3-6-12(14)22-2/h3-8,17H,1-2H3. The average molecular weight is 385 g/mol. The molecule has 0 fully saturated rings. The third kappa shape index (κ3) is 3.00. The summed E-state index contributed by atoms with van der Waals surface area (Å²) >= 11 is 6.95. The normalized spacial score (nSPS) is 11.6. The van der Waals surface area contributed by atoms with E-state index in [0.717, 1.165) is 16.9 Å². The van der Waals surface area contributed by atoms with Crippen LogP contribution in [0.4, 0.5) is 5.69 Å². The zero-order valence-corrected chi connectivity index (χ0v) is 15.1. The quantitative estimate of drug-likeness (QED) is 0.749. The maximum atomic E-state index is 12.6. The number of nitrogens with zero attached hydrogens (tertiary/aromatic N) is 1. The highest BCUT2D eigenvalue weighted by atomic mass is 35.5. The molecule has 0 unspecified atom stereocenters. The van der Waals surface area contributed by atoms with E-state index in [-0.39, 0.29) is 20.5 Å². The molecule has 0 saturated heterocycles. The van der Waals surface area contributed by atoms with Crippen molar-refractivity contribution in [1.82, 2.24) is 4.57 Å². The molecule has 0 atom stereocenters. The first-order chi connectivity index (χ1) is 11.3. The van der Waals surface area contributed by atoms with Gasteiger partial charge in [-0.25, -0.2) is 8.42 Å². The molecule has 0 saturated carbocycles. The van der Waals surface area contributed by atoms with Crippen LogP contribution < -0.4 is 14.3 Å². The number of methoxy groups -OCH3 is 1. The largest absolute Gasteiger partial charge is 0.495 e. The summed E-state index contributed by atoms with van der Waals surface area (Å²) in [7, 11) is -0.837. The molecule has 24 heavy (non-hydrogen) atoms. The van der Waals surface area contributed by atoms with Crippen LogP contribution in [-0.4, -0.2) is 20.1 Å². The smallest absolute Gasteiger partial charge is 0.307 e. The summed E-state index contributed by atoms with van der Waals surface area (Å²) in [6.45, 7) is 0. The number of hydrogen-bond donors (Lipinski definition) is 1. The summed E-state index contributed by atoms with van der Waals surface area (Å²) in [5, 5.41) is 0.285. The molecule has 1 heterocycles. The van der Waals surface area contributed by atoms with Gasteiger partial charge in [0, 0.05) is 12.1 Å². The Morgan fingerprint density at radius 3 is 2.67 bits per heavy atom. The molecule has 0 aliphatic heterocycles. The van der Waals surface area contributed by atoms with Gasteiger partial charge in [-0.2, -0.15) is 0 Å². The van der Waals surface area contributed by atoms with E-state index in [0.29, 0.717) is 10.4 Å². The number of thiazole rings is 1. The molecule has 0 aliphatic rings. The molecule has 9 heteroatoms. The van der Waals surface area contributed by atoms with Crippen molar-refractivity contribution in [3.63, 3.8) is 0 Å². The molecular formula is C15H13ClN2O4S2. The van der Waals surface area contributed by atoms with Crippen LogP contribution in [0.25, 0.3) is 10.2 Å². The van der Waals surface area contributed by atoms with Gasteiger partial charge in [0.2, 0.25) is 0 Å². The Kier molecular flexibility index (Phi) is 4.29. The third-order valence-electron chi connectivity index (χ3n) is 3.46. The molecule has 3 rings (SSSR count). The first-order valence-electron chi connectivity index (χ1n) is 6.78. The molecule has 0 spiro atoms. The van der Waals surface area contributed by atoms with Crippen LogP contribution in [0, 0.1) is 0 Å². The summed E-state index contributed by atoms with van der Waals surface area (Å²) in [6.07, 6.45) is 0. The molecule has 2 aromatic carbocycles. The van der Waals surface area contributed by atoms with E-state index in [1.807, 2.05) is 0 Å². The highest BCUT2D eigenvalue weighted by Gasteiger charge is 2.20. The van der Waals surface area contributed by atoms with E-state index in [1.54, 1.807) is 31.3 Å². The van der Waals surface area contributed by atoms with Gasteiger partial charge in [-0.1, -0.05) is 22.9 Å². The number of aryl methyl sites for hydroxylation is 1. The zero-order valence-electron chi connectivity index (χ0n) is 12.7. The molecule has 1 N–H and O–H groups in total. The maximum Gasteiger partial charge on any atom is 0.307 e. The van der Waals surface area contributed by atoms with Crippen molar-refractivity contribution in [2.24, 2.45) is 7.05 Å². The van der Waals surface area contributed by atoms with Crippen molar-refractivity contribution < 1.29 is 13.2 Å². The summed E-state index contributed by atoms with van der Waals surface area (Å²) < 4.78 is 35.0. The lowest BCUT2D eigenvalue weighted by Crippen LogP contribution is -2.14. The lowest BCUT2D eigenvalue weighted by molar-refractivity contribution is 0.403. The Hall–Kier alpha value is -2.03. The van der Waals surface area contributed by atoms with Gasteiger partial charge in [0.15, 0.2) is 0 Å². The summed E-state index contributed by atoms with van der Waals surface area (Å²) in [5.41, 5.74) is 1.10. The zero-order chi connectivity index (χ0) is 17.5. The average Bonchev–Trinajstić information content (AvgIpc) is 2.81. The molecule has 0 aliphatic carbocycles. The number of hydrogen-bond acceptors (Lipinski definition) is 5. The van der Waals surface area contributed by atoms with Crippen LogP contribution >= 0.6 is 22.9 Å². The number of aromatic nitrogens is 1. The Balaban J connectivity index is 2.04. The summed E-state index contributed by atoms with van der Waals surface area (Å²) in [5.74, 6) is 0.192. The number of anilines is 1. The minimum atomic E-state index is -3.89. The van der Waals surface area contributed by atoms with Crippen LogP contribution in [0.1, 0.15) is 0 Å². The second-order valence-corrected chi connectivity index (χ2v) is 8.09. The fraction of sp³-hybridized carbons (Fsp3) is 0.133. The van der Waals surface area contributed by atoms with Crippen LogP contribution in [0.5, 0.6) is 5.75 Å². The third-order valence-corrected chi connectivity index (χ3v) is 6.09. The number of rotatable bonds is 4. The number of nitrogens with one attached hydrogen (secondary N) is 1. The fourth-order valence-corrected chi connectivity index (χ4v) is 4.67. The second-order valence-electron chi connectivity index (χ2n) is 5.01. The molecule has 0 radical (unpaired) electrons. The predicted molar refractivity (Wildman–Crippen MR) is 95.9 cm³/mol. The van der Waals surface area contributed by atoms with Gasteiger partial charge in [-0.3, -0.25) is 9.52 Å². The Bertz CT molecular complexity index is 1090. The lowest BCUT2D eigenvalue weighted by Gasteiger charge is -2.12. The highest BCUT2D eigenvalue weighted by Crippen LogP contribution is 2.29. The minimum absolute atomic E-state index is 0.0566. The molecule has 3 aromatic rings. The molecular weight excluding hydrogens is 372 g/mol. The first kappa shape index (κ1) is 16.8. The van der Waals surface area contributed by atoms with Crippen molar-refractivity contribution in [3.8, 4) is 5.75 Å². The van der Waals surface area contributed by atoms with Gasteiger partial charge in [0.25, 0.3) is 10.0 Å². The summed E-state index contributed by atoms with van der Waals surface area (Å²) in [4.78, 5) is 11.5. The van der Waals surface area contributed by atoms with Crippen LogP contribution in [0.2, 0.25) is 5.02 Å². The van der Waals surface area contributed by atoms with Gasteiger partial charge in [0.1, 0.15) is 10.6 Å². The van der Waals surface area contributed by atoms with Crippen molar-refractivity contribution in [1.29, 1.82) is 0 Å². The van der Waals surface area contributed by atoms with E-state index in [9.17, 15) is 13.2 Å². The van der Waals surface area contributed by atoms with Gasteiger partial charge < -0.3 is 9.30 Å². The second kappa shape index (κ2) is 6.12. The first-order valence-corrected chi connectivity index (χ1v) is 9.45.